The van der Waals surface area contributed by atoms with Crippen LogP contribution in [-0.2, 0) is 4.74 Å². The smallest absolute Gasteiger partial charge is 0.416 e. The molecule has 0 saturated carbocycles. The van der Waals surface area contributed by atoms with Crippen LogP contribution in [0.1, 0.15) is 20.8 Å². The van der Waals surface area contributed by atoms with Crippen LogP contribution in [0.4, 0.5) is 10.7 Å². The molecule has 17 heavy (non-hydrogen) atoms. The summed E-state index contributed by atoms with van der Waals surface area (Å²) in [5.41, 5.74) is -0.605. The summed E-state index contributed by atoms with van der Waals surface area (Å²) < 4.78 is 5.13. The number of halogens is 2. The zero-order valence-corrected chi connectivity index (χ0v) is 11.4. The van der Waals surface area contributed by atoms with Crippen LogP contribution in [0.2, 0.25) is 10.6 Å². The third kappa shape index (κ3) is 4.32. The second-order valence-electron chi connectivity index (χ2n) is 4.21. The van der Waals surface area contributed by atoms with Gasteiger partial charge in [0.25, 0.3) is 0 Å². The quantitative estimate of drug-likeness (QED) is 0.790. The van der Waals surface area contributed by atoms with E-state index in [1.165, 1.54) is 7.05 Å². The molecule has 1 rings (SSSR count). The molecule has 1 amide bonds. The Bertz CT molecular complexity index is 413. The minimum absolute atomic E-state index is 0.0317. The van der Waals surface area contributed by atoms with Gasteiger partial charge in [0, 0.05) is 7.05 Å². The average Bonchev–Trinajstić information content (AvgIpc) is 2.12. The fourth-order valence-electron chi connectivity index (χ4n) is 0.878. The van der Waals surface area contributed by atoms with E-state index in [9.17, 15) is 4.79 Å². The molecule has 8 heteroatoms. The van der Waals surface area contributed by atoms with Gasteiger partial charge < -0.3 is 4.74 Å². The first-order valence-electron chi connectivity index (χ1n) is 4.73. The van der Waals surface area contributed by atoms with Gasteiger partial charge in [0.15, 0.2) is 0 Å². The lowest BCUT2D eigenvalue weighted by Gasteiger charge is -2.23. The van der Waals surface area contributed by atoms with Gasteiger partial charge in [0.1, 0.15) is 5.60 Å². The number of ether oxygens (including phenoxy) is 1. The lowest BCUT2D eigenvalue weighted by Crippen LogP contribution is -2.35. The Morgan fingerprint density at radius 1 is 1.18 bits per heavy atom. The topological polar surface area (TPSA) is 68.2 Å². The van der Waals surface area contributed by atoms with E-state index in [0.717, 1.165) is 4.90 Å². The molecule has 0 radical (unpaired) electrons. The Morgan fingerprint density at radius 3 is 2.06 bits per heavy atom. The van der Waals surface area contributed by atoms with Crippen molar-refractivity contribution in [1.82, 2.24) is 15.0 Å². The highest BCUT2D eigenvalue weighted by Crippen LogP contribution is 2.15. The molecule has 1 aromatic rings. The molecule has 1 heterocycles. The first-order chi connectivity index (χ1) is 7.69. The standard InChI is InChI=1S/C9H12Cl2N4O2/c1-9(2,3)17-8(16)15(4)7-13-5(10)12-6(11)14-7/h1-4H3. The Hall–Kier alpha value is -1.14. The van der Waals surface area contributed by atoms with Crippen molar-refractivity contribution in [2.45, 2.75) is 26.4 Å². The van der Waals surface area contributed by atoms with Crippen molar-refractivity contribution in [3.05, 3.63) is 10.6 Å². The summed E-state index contributed by atoms with van der Waals surface area (Å²) in [5.74, 6) is 0.0317. The van der Waals surface area contributed by atoms with Crippen LogP contribution in [-0.4, -0.2) is 33.7 Å². The monoisotopic (exact) mass is 278 g/mol. The molecular weight excluding hydrogens is 267 g/mol. The van der Waals surface area contributed by atoms with Gasteiger partial charge in [-0.1, -0.05) is 0 Å². The maximum Gasteiger partial charge on any atom is 0.416 e. The van der Waals surface area contributed by atoms with E-state index in [4.69, 9.17) is 27.9 Å². The van der Waals surface area contributed by atoms with Gasteiger partial charge in [-0.3, -0.25) is 0 Å². The number of hydrogen-bond donors (Lipinski definition) is 0. The van der Waals surface area contributed by atoms with E-state index in [1.807, 2.05) is 0 Å². The van der Waals surface area contributed by atoms with Gasteiger partial charge in [0.2, 0.25) is 16.5 Å². The van der Waals surface area contributed by atoms with Crippen molar-refractivity contribution in [3.63, 3.8) is 0 Å². The third-order valence-corrected chi connectivity index (χ3v) is 1.87. The molecule has 6 nitrogen and oxygen atoms in total. The number of anilines is 1. The highest BCUT2D eigenvalue weighted by Gasteiger charge is 2.22. The zero-order chi connectivity index (χ0) is 13.2. The van der Waals surface area contributed by atoms with Crippen molar-refractivity contribution < 1.29 is 9.53 Å². The van der Waals surface area contributed by atoms with Gasteiger partial charge in [-0.05, 0) is 44.0 Å². The molecule has 0 fully saturated rings. The van der Waals surface area contributed by atoms with Crippen LogP contribution >= 0.6 is 23.2 Å². The summed E-state index contributed by atoms with van der Waals surface area (Å²) in [7, 11) is 1.45. The van der Waals surface area contributed by atoms with E-state index in [0.29, 0.717) is 0 Å². The Labute approximate surface area is 109 Å². The minimum Gasteiger partial charge on any atom is -0.443 e. The summed E-state index contributed by atoms with van der Waals surface area (Å²) >= 11 is 11.2. The molecule has 0 aromatic carbocycles. The Kier molecular flexibility index (Phi) is 4.11. The lowest BCUT2D eigenvalue weighted by atomic mass is 10.2. The van der Waals surface area contributed by atoms with Crippen molar-refractivity contribution in [2.75, 3.05) is 11.9 Å². The average molecular weight is 279 g/mol. The van der Waals surface area contributed by atoms with Crippen LogP contribution < -0.4 is 4.90 Å². The molecule has 0 unspecified atom stereocenters. The largest absolute Gasteiger partial charge is 0.443 e. The molecule has 94 valence electrons. The molecular formula is C9H12Cl2N4O2. The second-order valence-corrected chi connectivity index (χ2v) is 4.89. The van der Waals surface area contributed by atoms with Crippen LogP contribution in [0.3, 0.4) is 0 Å². The molecule has 0 aliphatic heterocycles. The van der Waals surface area contributed by atoms with Gasteiger partial charge in [-0.15, -0.1) is 0 Å². The highest BCUT2D eigenvalue weighted by atomic mass is 35.5. The van der Waals surface area contributed by atoms with Crippen molar-refractivity contribution in [3.8, 4) is 0 Å². The van der Waals surface area contributed by atoms with Crippen LogP contribution in [0.25, 0.3) is 0 Å². The number of nitrogens with zero attached hydrogens (tertiary/aromatic N) is 4. The molecule has 0 spiro atoms. The summed E-state index contributed by atoms with van der Waals surface area (Å²) in [4.78, 5) is 23.9. The normalized spacial score (nSPS) is 11.2. The predicted octanol–water partition coefficient (Wildman–Crippen LogP) is 2.55. The molecule has 0 saturated heterocycles. The first-order valence-corrected chi connectivity index (χ1v) is 5.48. The molecule has 0 N–H and O–H groups in total. The number of amides is 1. The fraction of sp³-hybridized carbons (Fsp3) is 0.556. The van der Waals surface area contributed by atoms with Gasteiger partial charge >= 0.3 is 6.09 Å². The van der Waals surface area contributed by atoms with Crippen molar-refractivity contribution in [1.29, 1.82) is 0 Å². The van der Waals surface area contributed by atoms with Crippen LogP contribution in [0.15, 0.2) is 0 Å². The zero-order valence-electron chi connectivity index (χ0n) is 9.86. The number of hydrogen-bond acceptors (Lipinski definition) is 5. The molecule has 0 atom stereocenters. The van der Waals surface area contributed by atoms with Gasteiger partial charge in [0.05, 0.1) is 0 Å². The Balaban J connectivity index is 2.89. The number of carbonyl (C=O) groups excluding carboxylic acids is 1. The van der Waals surface area contributed by atoms with Crippen molar-refractivity contribution in [2.24, 2.45) is 0 Å². The molecule has 1 aromatic heterocycles. The van der Waals surface area contributed by atoms with E-state index in [1.54, 1.807) is 20.8 Å². The summed E-state index contributed by atoms with van der Waals surface area (Å²) in [6.45, 7) is 5.27. The van der Waals surface area contributed by atoms with Gasteiger partial charge in [-0.2, -0.15) is 15.0 Å². The Morgan fingerprint density at radius 2 is 1.65 bits per heavy atom. The van der Waals surface area contributed by atoms with E-state index in [2.05, 4.69) is 15.0 Å². The maximum absolute atomic E-state index is 11.7. The van der Waals surface area contributed by atoms with E-state index < -0.39 is 11.7 Å². The summed E-state index contributed by atoms with van der Waals surface area (Å²) in [5, 5.41) is -0.175. The highest BCUT2D eigenvalue weighted by molar-refractivity contribution is 6.31. The SMILES string of the molecule is CN(C(=O)OC(C)(C)C)c1nc(Cl)nc(Cl)n1. The molecule has 0 bridgehead atoms. The predicted molar refractivity (Wildman–Crippen MR) is 64.5 cm³/mol. The second kappa shape index (κ2) is 5.01. The summed E-state index contributed by atoms with van der Waals surface area (Å²) in [6, 6.07) is 0. The van der Waals surface area contributed by atoms with E-state index >= 15 is 0 Å². The molecule has 0 aliphatic carbocycles. The maximum atomic E-state index is 11.7. The first kappa shape index (κ1) is 13.9. The fourth-order valence-corrected chi connectivity index (χ4v) is 1.23. The van der Waals surface area contributed by atoms with Crippen molar-refractivity contribution >= 4 is 35.2 Å². The van der Waals surface area contributed by atoms with E-state index in [-0.39, 0.29) is 16.5 Å². The molecule has 0 aliphatic rings. The van der Waals surface area contributed by atoms with Crippen LogP contribution in [0, 0.1) is 0 Å². The summed E-state index contributed by atoms with van der Waals surface area (Å²) in [6.07, 6.45) is -0.601. The van der Waals surface area contributed by atoms with Crippen LogP contribution in [0.5, 0.6) is 0 Å². The third-order valence-electron chi connectivity index (χ3n) is 1.54. The number of carbonyl (C=O) groups is 1. The minimum atomic E-state index is -0.605. The lowest BCUT2D eigenvalue weighted by molar-refractivity contribution is 0.0587. The number of aromatic nitrogens is 3. The van der Waals surface area contributed by atoms with Gasteiger partial charge in [-0.25, -0.2) is 9.69 Å². The number of rotatable bonds is 1.